The summed E-state index contributed by atoms with van der Waals surface area (Å²) < 4.78 is 3.78. The fraction of sp³-hybridized carbons (Fsp3) is 0.615. The zero-order valence-corrected chi connectivity index (χ0v) is 13.0. The molecule has 0 radical (unpaired) electrons. The number of rotatable bonds is 5. The number of halogens is 1. The molecule has 2 aromatic rings. The Bertz CT molecular complexity index is 628. The third kappa shape index (κ3) is 2.65. The van der Waals surface area contributed by atoms with Gasteiger partial charge in [0.05, 0.1) is 11.1 Å². The Labute approximate surface area is 123 Å². The minimum absolute atomic E-state index is 0.0291. The molecule has 0 bridgehead atoms. The Morgan fingerprint density at radius 3 is 2.80 bits per heavy atom. The highest BCUT2D eigenvalue weighted by Crippen LogP contribution is 2.26. The number of aryl methyl sites for hydroxylation is 3. The smallest absolute Gasteiger partial charge is 0.221 e. The average molecular weight is 298 g/mol. The molecule has 0 aliphatic rings. The maximum Gasteiger partial charge on any atom is 0.221 e. The van der Waals surface area contributed by atoms with Gasteiger partial charge in [-0.1, -0.05) is 0 Å². The molecule has 0 aliphatic heterocycles. The van der Waals surface area contributed by atoms with Crippen LogP contribution in [0, 0.1) is 6.92 Å². The Kier molecular flexibility index (Phi) is 4.32. The molecular weight excluding hydrogens is 278 g/mol. The first kappa shape index (κ1) is 14.8. The van der Waals surface area contributed by atoms with E-state index >= 15 is 0 Å². The van der Waals surface area contributed by atoms with Crippen molar-refractivity contribution in [2.24, 2.45) is 7.05 Å². The molecule has 20 heavy (non-hydrogen) atoms. The molecule has 2 heterocycles. The van der Waals surface area contributed by atoms with Crippen molar-refractivity contribution in [3.8, 4) is 0 Å². The van der Waals surface area contributed by atoms with E-state index in [-0.39, 0.29) is 11.3 Å². The molecule has 1 N–H and O–H groups in total. The molecule has 7 heteroatoms. The normalized spacial score (nSPS) is 12.8. The van der Waals surface area contributed by atoms with Gasteiger partial charge < -0.3 is 9.88 Å². The summed E-state index contributed by atoms with van der Waals surface area (Å²) >= 11 is 6.20. The number of alkyl halides is 1. The molecule has 0 fully saturated rings. The van der Waals surface area contributed by atoms with Gasteiger partial charge in [0.2, 0.25) is 5.91 Å². The number of amides is 1. The van der Waals surface area contributed by atoms with E-state index in [1.54, 1.807) is 4.68 Å². The van der Waals surface area contributed by atoms with E-state index < -0.39 is 0 Å². The van der Waals surface area contributed by atoms with Crippen LogP contribution in [-0.4, -0.2) is 31.8 Å². The average Bonchev–Trinajstić information content (AvgIpc) is 2.87. The Balaban J connectivity index is 2.38. The summed E-state index contributed by atoms with van der Waals surface area (Å²) in [6, 6.07) is 0. The maximum absolute atomic E-state index is 11.6. The van der Waals surface area contributed by atoms with Gasteiger partial charge in [0, 0.05) is 26.6 Å². The van der Waals surface area contributed by atoms with Crippen molar-refractivity contribution in [2.75, 3.05) is 6.54 Å². The molecule has 1 amide bonds. The third-order valence-electron chi connectivity index (χ3n) is 3.21. The summed E-state index contributed by atoms with van der Waals surface area (Å²) in [7, 11) is 1.88. The van der Waals surface area contributed by atoms with Crippen LogP contribution in [0.1, 0.15) is 37.2 Å². The van der Waals surface area contributed by atoms with Crippen molar-refractivity contribution in [2.45, 2.75) is 39.1 Å². The van der Waals surface area contributed by atoms with E-state index in [0.29, 0.717) is 19.5 Å². The van der Waals surface area contributed by atoms with Crippen LogP contribution in [-0.2, 0) is 18.4 Å². The minimum Gasteiger partial charge on any atom is -0.356 e. The van der Waals surface area contributed by atoms with Gasteiger partial charge in [-0.25, -0.2) is 4.98 Å². The van der Waals surface area contributed by atoms with E-state index in [1.165, 1.54) is 0 Å². The molecule has 1 unspecified atom stereocenters. The summed E-state index contributed by atoms with van der Waals surface area (Å²) in [5.41, 5.74) is 2.64. The number of imidazole rings is 1. The second-order valence-electron chi connectivity index (χ2n) is 4.82. The first-order valence-corrected chi connectivity index (χ1v) is 7.19. The van der Waals surface area contributed by atoms with Crippen molar-refractivity contribution < 1.29 is 4.79 Å². The first-order chi connectivity index (χ1) is 9.45. The van der Waals surface area contributed by atoms with Gasteiger partial charge in [-0.15, -0.1) is 11.6 Å². The van der Waals surface area contributed by atoms with Gasteiger partial charge >= 0.3 is 0 Å². The van der Waals surface area contributed by atoms with Crippen LogP contribution in [0.15, 0.2) is 0 Å². The molecule has 6 nitrogen and oxygen atoms in total. The fourth-order valence-electron chi connectivity index (χ4n) is 2.37. The highest BCUT2D eigenvalue weighted by Gasteiger charge is 2.20. The maximum atomic E-state index is 11.6. The Hall–Kier alpha value is -1.56. The number of hydrogen-bond donors (Lipinski definition) is 1. The van der Waals surface area contributed by atoms with Crippen LogP contribution in [0.25, 0.3) is 11.2 Å². The topological polar surface area (TPSA) is 64.7 Å². The van der Waals surface area contributed by atoms with E-state index in [2.05, 4.69) is 15.4 Å². The molecule has 0 aliphatic carbocycles. The highest BCUT2D eigenvalue weighted by atomic mass is 35.5. The lowest BCUT2D eigenvalue weighted by molar-refractivity contribution is -0.121. The van der Waals surface area contributed by atoms with E-state index in [0.717, 1.165) is 22.7 Å². The first-order valence-electron chi connectivity index (χ1n) is 6.76. The molecule has 2 aromatic heterocycles. The Morgan fingerprint density at radius 2 is 2.20 bits per heavy atom. The lowest BCUT2D eigenvalue weighted by Gasteiger charge is -2.10. The number of hydrogen-bond acceptors (Lipinski definition) is 3. The molecule has 0 saturated heterocycles. The largest absolute Gasteiger partial charge is 0.356 e. The monoisotopic (exact) mass is 297 g/mol. The van der Waals surface area contributed by atoms with Crippen molar-refractivity contribution in [1.82, 2.24) is 24.6 Å². The second kappa shape index (κ2) is 5.83. The summed E-state index contributed by atoms with van der Waals surface area (Å²) in [5.74, 6) is 0.809. The Morgan fingerprint density at radius 1 is 1.50 bits per heavy atom. The predicted octanol–water partition coefficient (Wildman–Crippen LogP) is 1.90. The van der Waals surface area contributed by atoms with Crippen LogP contribution < -0.4 is 5.32 Å². The van der Waals surface area contributed by atoms with E-state index in [4.69, 9.17) is 11.6 Å². The number of aromatic nitrogens is 4. The van der Waals surface area contributed by atoms with Crippen LogP contribution >= 0.6 is 11.6 Å². The number of carbonyl (C=O) groups excluding carboxylic acids is 1. The van der Waals surface area contributed by atoms with Gasteiger partial charge in [0.15, 0.2) is 5.65 Å². The zero-order valence-electron chi connectivity index (χ0n) is 12.3. The molecular formula is C13H20ClN5O. The molecule has 0 aromatic carbocycles. The summed E-state index contributed by atoms with van der Waals surface area (Å²) in [4.78, 5) is 16.2. The lowest BCUT2D eigenvalue weighted by Crippen LogP contribution is -2.24. The van der Waals surface area contributed by atoms with E-state index in [1.807, 2.05) is 32.4 Å². The van der Waals surface area contributed by atoms with E-state index in [9.17, 15) is 4.79 Å². The molecule has 0 saturated carbocycles. The number of fused-ring (bicyclic) bond motifs is 1. The van der Waals surface area contributed by atoms with Gasteiger partial charge in [-0.3, -0.25) is 9.48 Å². The summed E-state index contributed by atoms with van der Waals surface area (Å²) in [6.07, 6.45) is 0.403. The van der Waals surface area contributed by atoms with Crippen LogP contribution in [0.4, 0.5) is 0 Å². The van der Waals surface area contributed by atoms with Crippen molar-refractivity contribution in [1.29, 1.82) is 0 Å². The van der Waals surface area contributed by atoms with Crippen LogP contribution in [0.3, 0.4) is 0 Å². The van der Waals surface area contributed by atoms with Gasteiger partial charge in [0.25, 0.3) is 0 Å². The number of carbonyl (C=O) groups is 1. The third-order valence-corrected chi connectivity index (χ3v) is 3.41. The number of nitrogens with one attached hydrogen (secondary N) is 1. The number of nitrogens with zero attached hydrogens (tertiary/aromatic N) is 4. The summed E-state index contributed by atoms with van der Waals surface area (Å²) in [5, 5.41) is 6.95. The molecule has 2 rings (SSSR count). The standard InChI is InChI=1S/C13H20ClN5O/c1-5-15-10(20)6-7-19-12(8(2)14)16-11-9(3)17-18(4)13(11)19/h8H,5-7H2,1-4H3,(H,15,20). The van der Waals surface area contributed by atoms with Crippen LogP contribution in [0.5, 0.6) is 0 Å². The quantitative estimate of drug-likeness (QED) is 0.857. The van der Waals surface area contributed by atoms with Gasteiger partial charge in [0.1, 0.15) is 11.3 Å². The zero-order chi connectivity index (χ0) is 14.9. The van der Waals surface area contributed by atoms with Crippen LogP contribution in [0.2, 0.25) is 0 Å². The lowest BCUT2D eigenvalue weighted by atomic mass is 10.3. The van der Waals surface area contributed by atoms with Gasteiger partial charge in [-0.05, 0) is 20.8 Å². The SMILES string of the molecule is CCNC(=O)CCn1c(C(C)Cl)nc2c(C)nn(C)c21. The molecule has 0 spiro atoms. The predicted molar refractivity (Wildman–Crippen MR) is 78.8 cm³/mol. The van der Waals surface area contributed by atoms with Gasteiger partial charge in [-0.2, -0.15) is 5.10 Å². The second-order valence-corrected chi connectivity index (χ2v) is 5.48. The van der Waals surface area contributed by atoms with Crippen molar-refractivity contribution in [3.05, 3.63) is 11.5 Å². The molecule has 110 valence electrons. The fourth-order valence-corrected chi connectivity index (χ4v) is 2.54. The molecule has 1 atom stereocenters. The van der Waals surface area contributed by atoms with Crippen molar-refractivity contribution in [3.63, 3.8) is 0 Å². The highest BCUT2D eigenvalue weighted by molar-refractivity contribution is 6.20. The van der Waals surface area contributed by atoms with Crippen molar-refractivity contribution >= 4 is 28.7 Å². The summed E-state index contributed by atoms with van der Waals surface area (Å²) in [6.45, 7) is 6.90. The minimum atomic E-state index is -0.212.